The van der Waals surface area contributed by atoms with Gasteiger partial charge >= 0.3 is 6.09 Å². The maximum atomic E-state index is 11.9. The Morgan fingerprint density at radius 3 is 2.46 bits per heavy atom. The fourth-order valence-corrected chi connectivity index (χ4v) is 2.48. The molecular weight excluding hydrogens is 300 g/mol. The van der Waals surface area contributed by atoms with Crippen molar-refractivity contribution < 1.29 is 9.63 Å². The van der Waals surface area contributed by atoms with E-state index in [2.05, 4.69) is 10.5 Å². The van der Waals surface area contributed by atoms with Crippen molar-refractivity contribution in [3.05, 3.63) is 77.9 Å². The molecule has 1 amide bonds. The molecule has 0 aliphatic rings. The van der Waals surface area contributed by atoms with Crippen molar-refractivity contribution in [2.45, 2.75) is 13.8 Å². The lowest BCUT2D eigenvalue weighted by molar-refractivity contribution is 0.166. The minimum atomic E-state index is -0.613. The molecule has 0 aromatic heterocycles. The lowest BCUT2D eigenvalue weighted by Crippen LogP contribution is -2.12. The number of carbonyl (C=O) groups excluding carboxylic acids is 1. The molecule has 3 rings (SSSR count). The second-order valence-electron chi connectivity index (χ2n) is 5.57. The summed E-state index contributed by atoms with van der Waals surface area (Å²) in [6.07, 6.45) is -0.613. The Bertz CT molecular complexity index is 894. The molecule has 0 aliphatic carbocycles. The van der Waals surface area contributed by atoms with E-state index in [-0.39, 0.29) is 0 Å². The first kappa shape index (κ1) is 15.7. The summed E-state index contributed by atoms with van der Waals surface area (Å²) < 4.78 is 0. The third-order valence-electron chi connectivity index (χ3n) is 3.74. The van der Waals surface area contributed by atoms with E-state index >= 15 is 0 Å². The van der Waals surface area contributed by atoms with E-state index in [1.165, 1.54) is 0 Å². The number of rotatable bonds is 3. The highest BCUT2D eigenvalue weighted by molar-refractivity contribution is 6.09. The first-order chi connectivity index (χ1) is 11.6. The van der Waals surface area contributed by atoms with E-state index in [1.54, 1.807) is 0 Å². The summed E-state index contributed by atoms with van der Waals surface area (Å²) in [6.45, 7) is 3.81. The van der Waals surface area contributed by atoms with Crippen molar-refractivity contribution in [1.82, 2.24) is 0 Å². The highest BCUT2D eigenvalue weighted by Gasteiger charge is 2.06. The number of nitrogens with one attached hydrogen (secondary N) is 1. The number of hydrogen-bond donors (Lipinski definition) is 1. The monoisotopic (exact) mass is 318 g/mol. The summed E-state index contributed by atoms with van der Waals surface area (Å²) >= 11 is 0. The quantitative estimate of drug-likeness (QED) is 0.414. The average Bonchev–Trinajstić information content (AvgIpc) is 2.61. The molecular formula is C20H18N2O2. The number of benzene rings is 3. The van der Waals surface area contributed by atoms with Crippen LogP contribution in [0.2, 0.25) is 0 Å². The number of fused-ring (bicyclic) bond motifs is 1. The average molecular weight is 318 g/mol. The van der Waals surface area contributed by atoms with Crippen LogP contribution >= 0.6 is 0 Å². The van der Waals surface area contributed by atoms with E-state index in [0.717, 1.165) is 21.9 Å². The molecule has 0 radical (unpaired) electrons. The van der Waals surface area contributed by atoms with E-state index < -0.39 is 6.09 Å². The van der Waals surface area contributed by atoms with Crippen molar-refractivity contribution in [3.63, 3.8) is 0 Å². The molecule has 0 unspecified atom stereocenters. The second-order valence-corrected chi connectivity index (χ2v) is 5.57. The lowest BCUT2D eigenvalue weighted by atomic mass is 10.0. The van der Waals surface area contributed by atoms with Crippen LogP contribution in [0.25, 0.3) is 10.8 Å². The first-order valence-electron chi connectivity index (χ1n) is 7.71. The Morgan fingerprint density at radius 2 is 1.67 bits per heavy atom. The van der Waals surface area contributed by atoms with Crippen LogP contribution in [0.5, 0.6) is 0 Å². The van der Waals surface area contributed by atoms with Crippen LogP contribution in [0.3, 0.4) is 0 Å². The summed E-state index contributed by atoms with van der Waals surface area (Å²) in [5, 5.41) is 8.80. The van der Waals surface area contributed by atoms with Gasteiger partial charge < -0.3 is 0 Å². The summed E-state index contributed by atoms with van der Waals surface area (Å²) in [4.78, 5) is 16.8. The highest BCUT2D eigenvalue weighted by atomic mass is 16.7. The van der Waals surface area contributed by atoms with Gasteiger partial charge in [-0.15, -0.1) is 0 Å². The van der Waals surface area contributed by atoms with E-state index in [0.29, 0.717) is 11.4 Å². The van der Waals surface area contributed by atoms with Crippen molar-refractivity contribution in [2.24, 2.45) is 5.16 Å². The molecule has 4 nitrogen and oxygen atoms in total. The van der Waals surface area contributed by atoms with Crippen LogP contribution < -0.4 is 5.32 Å². The zero-order valence-electron chi connectivity index (χ0n) is 13.6. The molecule has 0 bridgehead atoms. The number of oxime groups is 1. The molecule has 0 aliphatic heterocycles. The predicted octanol–water partition coefficient (Wildman–Crippen LogP) is 5.12. The summed E-state index contributed by atoms with van der Waals surface area (Å²) in [6, 6.07) is 21.5. The topological polar surface area (TPSA) is 50.7 Å². The van der Waals surface area contributed by atoms with Crippen molar-refractivity contribution in [3.8, 4) is 0 Å². The summed E-state index contributed by atoms with van der Waals surface area (Å²) in [5.41, 5.74) is 3.38. The molecule has 120 valence electrons. The fourth-order valence-electron chi connectivity index (χ4n) is 2.48. The molecule has 4 heteroatoms. The number of nitrogens with zero attached hydrogens (tertiary/aromatic N) is 1. The second kappa shape index (κ2) is 6.96. The van der Waals surface area contributed by atoms with Crippen LogP contribution in [-0.4, -0.2) is 11.8 Å². The van der Waals surface area contributed by atoms with Gasteiger partial charge in [-0.1, -0.05) is 65.3 Å². The molecule has 3 aromatic carbocycles. The fraction of sp³-hybridized carbons (Fsp3) is 0.100. The maximum Gasteiger partial charge on any atom is 0.437 e. The van der Waals surface area contributed by atoms with Crippen LogP contribution in [0.4, 0.5) is 10.5 Å². The minimum absolute atomic E-state index is 0.613. The summed E-state index contributed by atoms with van der Waals surface area (Å²) in [7, 11) is 0. The van der Waals surface area contributed by atoms with Gasteiger partial charge in [0.2, 0.25) is 0 Å². The van der Waals surface area contributed by atoms with E-state index in [4.69, 9.17) is 4.84 Å². The van der Waals surface area contributed by atoms with Gasteiger partial charge in [-0.3, -0.25) is 10.2 Å². The number of amides is 1. The molecule has 0 fully saturated rings. The van der Waals surface area contributed by atoms with Gasteiger partial charge in [0.25, 0.3) is 0 Å². The molecule has 0 spiro atoms. The Balaban J connectivity index is 1.73. The van der Waals surface area contributed by atoms with Gasteiger partial charge in [0, 0.05) is 11.3 Å². The standard InChI is InChI=1S/C20H18N2O2/c1-14-10-12-17(13-11-14)21-20(23)24-22-15(2)18-9-5-7-16-6-3-4-8-19(16)18/h3-13H,1-2H3,(H,21,23)/b22-15-. The minimum Gasteiger partial charge on any atom is -0.298 e. The zero-order valence-corrected chi connectivity index (χ0v) is 13.6. The SMILES string of the molecule is C/C(=N/OC(=O)Nc1ccc(C)cc1)c1cccc2ccccc12. The largest absolute Gasteiger partial charge is 0.437 e. The summed E-state index contributed by atoms with van der Waals surface area (Å²) in [5.74, 6) is 0. The number of hydrogen-bond acceptors (Lipinski definition) is 3. The van der Waals surface area contributed by atoms with Crippen molar-refractivity contribution in [1.29, 1.82) is 0 Å². The molecule has 1 N–H and O–H groups in total. The number of aryl methyl sites for hydroxylation is 1. The molecule has 0 heterocycles. The highest BCUT2D eigenvalue weighted by Crippen LogP contribution is 2.19. The van der Waals surface area contributed by atoms with Crippen LogP contribution in [0.1, 0.15) is 18.1 Å². The van der Waals surface area contributed by atoms with Crippen molar-refractivity contribution >= 4 is 28.3 Å². The normalized spacial score (nSPS) is 11.3. The van der Waals surface area contributed by atoms with Crippen LogP contribution in [-0.2, 0) is 4.84 Å². The third-order valence-corrected chi connectivity index (χ3v) is 3.74. The molecule has 0 saturated carbocycles. The Labute approximate surface area is 140 Å². The zero-order chi connectivity index (χ0) is 16.9. The molecule has 3 aromatic rings. The van der Waals surface area contributed by atoms with Crippen molar-refractivity contribution in [2.75, 3.05) is 5.32 Å². The predicted molar refractivity (Wildman–Crippen MR) is 97.4 cm³/mol. The molecule has 24 heavy (non-hydrogen) atoms. The van der Waals surface area contributed by atoms with Gasteiger partial charge in [0.1, 0.15) is 0 Å². The van der Waals surface area contributed by atoms with Gasteiger partial charge in [-0.05, 0) is 36.8 Å². The van der Waals surface area contributed by atoms with E-state index in [1.807, 2.05) is 80.6 Å². The van der Waals surface area contributed by atoms with Crippen LogP contribution in [0, 0.1) is 6.92 Å². The smallest absolute Gasteiger partial charge is 0.298 e. The van der Waals surface area contributed by atoms with Gasteiger partial charge in [0.05, 0.1) is 5.71 Å². The lowest BCUT2D eigenvalue weighted by Gasteiger charge is -2.06. The maximum absolute atomic E-state index is 11.9. The van der Waals surface area contributed by atoms with Gasteiger partial charge in [-0.2, -0.15) is 0 Å². The molecule has 0 atom stereocenters. The number of carbonyl (C=O) groups is 1. The van der Waals surface area contributed by atoms with Crippen LogP contribution in [0.15, 0.2) is 71.9 Å². The molecule has 0 saturated heterocycles. The van der Waals surface area contributed by atoms with E-state index in [9.17, 15) is 4.79 Å². The Morgan fingerprint density at radius 1 is 0.958 bits per heavy atom. The first-order valence-corrected chi connectivity index (χ1v) is 7.71. The van der Waals surface area contributed by atoms with Gasteiger partial charge in [-0.25, -0.2) is 4.79 Å². The Hall–Kier alpha value is -3.14. The van der Waals surface area contributed by atoms with Gasteiger partial charge in [0.15, 0.2) is 0 Å². The third kappa shape index (κ3) is 3.60. The Kier molecular flexibility index (Phi) is 4.57. The number of anilines is 1.